The van der Waals surface area contributed by atoms with Crippen LogP contribution in [0.3, 0.4) is 0 Å². The Bertz CT molecular complexity index is 1210. The summed E-state index contributed by atoms with van der Waals surface area (Å²) in [7, 11) is 0. The zero-order valence-electron chi connectivity index (χ0n) is 20.7. The molecule has 0 aliphatic carbocycles. The second kappa shape index (κ2) is 11.1. The van der Waals surface area contributed by atoms with Crippen molar-refractivity contribution in [1.29, 1.82) is 0 Å². The summed E-state index contributed by atoms with van der Waals surface area (Å²) in [6.07, 6.45) is 0. The fourth-order valence-electron chi connectivity index (χ4n) is 4.43. The highest BCUT2D eigenvalue weighted by atomic mass is 32.2. The van der Waals surface area contributed by atoms with Crippen LogP contribution in [0.5, 0.6) is 0 Å². The number of esters is 1. The van der Waals surface area contributed by atoms with E-state index in [2.05, 4.69) is 10.6 Å². The van der Waals surface area contributed by atoms with Crippen LogP contribution < -0.4 is 10.6 Å². The Hall–Kier alpha value is -4.07. The van der Waals surface area contributed by atoms with Gasteiger partial charge in [0.1, 0.15) is 29.8 Å². The van der Waals surface area contributed by atoms with Gasteiger partial charge in [-0.3, -0.25) is 19.3 Å². The maximum atomic E-state index is 13.4. The van der Waals surface area contributed by atoms with E-state index in [0.29, 0.717) is 18.7 Å². The van der Waals surface area contributed by atoms with E-state index in [4.69, 9.17) is 4.74 Å². The Balaban J connectivity index is 1.50. The molecule has 3 aliphatic heterocycles. The third-order valence-electron chi connectivity index (χ3n) is 6.38. The molecule has 2 saturated heterocycles. The normalized spacial score (nSPS) is 21.5. The number of nitrogens with one attached hydrogen (secondary N) is 2. The van der Waals surface area contributed by atoms with Crippen LogP contribution in [-0.4, -0.2) is 99.0 Å². The smallest absolute Gasteiger partial charge is 0.352 e. The number of nitrogens with zero attached hydrogens (tertiary/aromatic N) is 3. The number of hydrogen-bond acceptors (Lipinski definition) is 8. The van der Waals surface area contributed by atoms with Gasteiger partial charge in [0.25, 0.3) is 5.91 Å². The van der Waals surface area contributed by atoms with Crippen LogP contribution in [0.1, 0.15) is 25.5 Å². The van der Waals surface area contributed by atoms with Gasteiger partial charge in [0.15, 0.2) is 0 Å². The molecule has 2 fully saturated rings. The zero-order chi connectivity index (χ0) is 27.6. The Morgan fingerprint density at radius 1 is 1.16 bits per heavy atom. The molecule has 3 N–H and O–H groups in total. The molecule has 6 amide bonds. The van der Waals surface area contributed by atoms with Gasteiger partial charge in [-0.1, -0.05) is 30.3 Å². The van der Waals surface area contributed by atoms with E-state index in [-0.39, 0.29) is 30.2 Å². The molecule has 0 bridgehead atoms. The maximum Gasteiger partial charge on any atom is 0.352 e. The number of carbonyl (C=O) groups excluding carboxylic acids is 5. The van der Waals surface area contributed by atoms with Crippen LogP contribution in [0.25, 0.3) is 0 Å². The summed E-state index contributed by atoms with van der Waals surface area (Å²) in [5.41, 5.74) is 0.441. The minimum Gasteiger partial charge on any atom is -0.477 e. The molecule has 0 aromatic heterocycles. The van der Waals surface area contributed by atoms with Crippen LogP contribution in [0, 0.1) is 0 Å². The number of fused-ring (bicyclic) bond motifs is 1. The second-order valence-corrected chi connectivity index (χ2v) is 9.85. The molecule has 3 atom stereocenters. The minimum absolute atomic E-state index is 0.177. The van der Waals surface area contributed by atoms with Crippen LogP contribution >= 0.6 is 11.8 Å². The highest BCUT2D eigenvalue weighted by Gasteiger charge is 2.54. The Kier molecular flexibility index (Phi) is 7.90. The molecule has 1 unspecified atom stereocenters. The molecule has 0 saturated carbocycles. The number of thioether (sulfide) groups is 1. The number of rotatable bonds is 8. The van der Waals surface area contributed by atoms with Crippen molar-refractivity contribution >= 4 is 47.6 Å². The van der Waals surface area contributed by atoms with Gasteiger partial charge in [0.2, 0.25) is 5.91 Å². The van der Waals surface area contributed by atoms with Gasteiger partial charge in [-0.05, 0) is 12.5 Å². The first-order valence-electron chi connectivity index (χ1n) is 11.9. The van der Waals surface area contributed by atoms with Gasteiger partial charge in [-0.25, -0.2) is 19.3 Å². The molecule has 1 aromatic carbocycles. The number of amides is 6. The van der Waals surface area contributed by atoms with Gasteiger partial charge < -0.3 is 25.4 Å². The Morgan fingerprint density at radius 2 is 1.87 bits per heavy atom. The van der Waals surface area contributed by atoms with Crippen molar-refractivity contribution in [2.45, 2.75) is 31.3 Å². The molecule has 0 radical (unpaired) electrons. The highest BCUT2D eigenvalue weighted by molar-refractivity contribution is 8.00. The lowest BCUT2D eigenvalue weighted by molar-refractivity contribution is -0.151. The van der Waals surface area contributed by atoms with Crippen LogP contribution in [0.4, 0.5) is 9.59 Å². The van der Waals surface area contributed by atoms with Crippen molar-refractivity contribution < 1.29 is 38.6 Å². The molecule has 1 aromatic rings. The highest BCUT2D eigenvalue weighted by Crippen LogP contribution is 2.40. The molecule has 202 valence electrons. The van der Waals surface area contributed by atoms with Crippen LogP contribution in [0.2, 0.25) is 0 Å². The van der Waals surface area contributed by atoms with Crippen LogP contribution in [-0.2, 0) is 23.9 Å². The summed E-state index contributed by atoms with van der Waals surface area (Å²) < 4.78 is 4.92. The number of urea groups is 2. The van der Waals surface area contributed by atoms with E-state index in [0.717, 1.165) is 9.80 Å². The predicted molar refractivity (Wildman–Crippen MR) is 133 cm³/mol. The first-order chi connectivity index (χ1) is 18.1. The SMILES string of the molecule is CCN1CCN(C(=O)N[C@@H](C(=O)NC2C(=O)N3C(C(=O)O)=C(COC(C)=O)CS[C@H]23)c2ccccc2)C1=O. The molecule has 0 spiro atoms. The summed E-state index contributed by atoms with van der Waals surface area (Å²) in [5.74, 6) is -3.07. The van der Waals surface area contributed by atoms with Gasteiger partial charge >= 0.3 is 24.0 Å². The van der Waals surface area contributed by atoms with E-state index < -0.39 is 53.3 Å². The quantitative estimate of drug-likeness (QED) is 0.311. The van der Waals surface area contributed by atoms with Gasteiger partial charge in [0, 0.05) is 37.9 Å². The monoisotopic (exact) mass is 545 g/mol. The van der Waals surface area contributed by atoms with E-state index in [1.54, 1.807) is 37.3 Å². The lowest BCUT2D eigenvalue weighted by atomic mass is 10.0. The topological polar surface area (TPSA) is 166 Å². The number of carbonyl (C=O) groups is 6. The average molecular weight is 546 g/mol. The molecule has 3 heterocycles. The minimum atomic E-state index is -1.35. The molecular weight excluding hydrogens is 518 g/mol. The Labute approximate surface area is 222 Å². The summed E-state index contributed by atoms with van der Waals surface area (Å²) in [5, 5.41) is 14.2. The third-order valence-corrected chi connectivity index (χ3v) is 7.72. The number of likely N-dealkylation sites (N-methyl/N-ethyl adjacent to an activating group) is 1. The molecule has 14 heteroatoms. The van der Waals surface area contributed by atoms with Crippen molar-refractivity contribution in [3.05, 3.63) is 47.2 Å². The summed E-state index contributed by atoms with van der Waals surface area (Å²) >= 11 is 1.22. The number of aliphatic carboxylic acids is 1. The largest absolute Gasteiger partial charge is 0.477 e. The summed E-state index contributed by atoms with van der Waals surface area (Å²) in [6, 6.07) is 4.92. The van der Waals surface area contributed by atoms with Crippen molar-refractivity contribution in [2.24, 2.45) is 0 Å². The van der Waals surface area contributed by atoms with Crippen molar-refractivity contribution in [2.75, 3.05) is 32.0 Å². The number of benzene rings is 1. The summed E-state index contributed by atoms with van der Waals surface area (Å²) in [6.45, 7) is 3.74. The molecule has 13 nitrogen and oxygen atoms in total. The standard InChI is InChI=1S/C24H27N5O8S/c1-3-27-9-10-28(24(27)36)23(35)26-16(14-7-5-4-6-8-14)19(31)25-17-20(32)29-18(22(33)34)15(11-37-13(2)30)12-38-21(17)29/h4-8,16-17,21H,3,9-12H2,1-2H3,(H,25,31)(H,26,35)(H,33,34)/t16-,17?,21-/m1/s1. The number of carboxylic acid groups (broad SMARTS) is 1. The molecular formula is C24H27N5O8S. The van der Waals surface area contributed by atoms with Gasteiger partial charge in [-0.15, -0.1) is 11.8 Å². The lowest BCUT2D eigenvalue weighted by Gasteiger charge is -2.49. The zero-order valence-corrected chi connectivity index (χ0v) is 21.5. The Morgan fingerprint density at radius 3 is 2.47 bits per heavy atom. The van der Waals surface area contributed by atoms with Crippen molar-refractivity contribution in [1.82, 2.24) is 25.3 Å². The van der Waals surface area contributed by atoms with E-state index in [1.807, 2.05) is 0 Å². The lowest BCUT2D eigenvalue weighted by Crippen LogP contribution is -2.71. The molecule has 4 rings (SSSR count). The third kappa shape index (κ3) is 5.16. The fourth-order valence-corrected chi connectivity index (χ4v) is 5.76. The number of hydrogen-bond donors (Lipinski definition) is 3. The maximum absolute atomic E-state index is 13.4. The van der Waals surface area contributed by atoms with Gasteiger partial charge in [0.05, 0.1) is 0 Å². The van der Waals surface area contributed by atoms with Crippen molar-refractivity contribution in [3.63, 3.8) is 0 Å². The van der Waals surface area contributed by atoms with Crippen LogP contribution in [0.15, 0.2) is 41.6 Å². The fraction of sp³-hybridized carbons (Fsp3) is 0.417. The first-order valence-corrected chi connectivity index (χ1v) is 12.9. The number of imide groups is 1. The van der Waals surface area contributed by atoms with E-state index in [9.17, 15) is 33.9 Å². The number of ether oxygens (including phenoxy) is 1. The number of carboxylic acids is 1. The van der Waals surface area contributed by atoms with E-state index >= 15 is 0 Å². The molecule has 3 aliphatic rings. The van der Waals surface area contributed by atoms with Gasteiger partial charge in [-0.2, -0.15) is 0 Å². The molecule has 38 heavy (non-hydrogen) atoms. The summed E-state index contributed by atoms with van der Waals surface area (Å²) in [4.78, 5) is 78.4. The first kappa shape index (κ1) is 27.0. The second-order valence-electron chi connectivity index (χ2n) is 8.74. The van der Waals surface area contributed by atoms with Crippen molar-refractivity contribution in [3.8, 4) is 0 Å². The van der Waals surface area contributed by atoms with E-state index in [1.165, 1.54) is 23.6 Å². The number of β-lactam (4-membered cyclic amide) rings is 1. The predicted octanol–water partition coefficient (Wildman–Crippen LogP) is 0.497. The average Bonchev–Trinajstić information content (AvgIpc) is 3.28.